The minimum atomic E-state index is -0.188. The molecule has 1 aromatic carbocycles. The SMILES string of the molecule is Cc1ccc(NC(=O)c2ccnc(C(C)(C)C)c2)cc1Nc1cc(CN2CCOCC2)nn1-c1cc(NC(C)C)ncn1. The zero-order valence-electron chi connectivity index (χ0n) is 25.8. The van der Waals surface area contributed by atoms with Crippen LogP contribution in [-0.2, 0) is 16.7 Å². The van der Waals surface area contributed by atoms with Crippen LogP contribution in [0.25, 0.3) is 5.82 Å². The van der Waals surface area contributed by atoms with Gasteiger partial charge in [-0.25, -0.2) is 9.97 Å². The summed E-state index contributed by atoms with van der Waals surface area (Å²) in [5, 5.41) is 14.9. The van der Waals surface area contributed by atoms with Gasteiger partial charge in [0.2, 0.25) is 0 Å². The average Bonchev–Trinajstić information content (AvgIpc) is 3.36. The van der Waals surface area contributed by atoms with Crippen molar-refractivity contribution < 1.29 is 9.53 Å². The minimum absolute atomic E-state index is 0.157. The lowest BCUT2D eigenvalue weighted by molar-refractivity contribution is 0.0336. The number of pyridine rings is 1. The Kier molecular flexibility index (Phi) is 9.02. The number of nitrogens with one attached hydrogen (secondary N) is 3. The lowest BCUT2D eigenvalue weighted by atomic mass is 9.91. The highest BCUT2D eigenvalue weighted by Crippen LogP contribution is 2.28. The predicted molar refractivity (Wildman–Crippen MR) is 169 cm³/mol. The zero-order valence-corrected chi connectivity index (χ0v) is 25.8. The fraction of sp³-hybridized carbons (Fsp3) is 0.406. The van der Waals surface area contributed by atoms with Crippen molar-refractivity contribution in [1.82, 2.24) is 29.6 Å². The molecule has 0 spiro atoms. The first-order chi connectivity index (χ1) is 20.5. The molecule has 0 saturated carbocycles. The monoisotopic (exact) mass is 583 g/mol. The maximum absolute atomic E-state index is 13.2. The molecule has 1 saturated heterocycles. The molecule has 43 heavy (non-hydrogen) atoms. The van der Waals surface area contributed by atoms with Gasteiger partial charge < -0.3 is 20.7 Å². The number of anilines is 4. The number of amides is 1. The van der Waals surface area contributed by atoms with Crippen molar-refractivity contribution in [3.05, 3.63) is 77.5 Å². The summed E-state index contributed by atoms with van der Waals surface area (Å²) in [5.41, 5.74) is 4.73. The van der Waals surface area contributed by atoms with Crippen LogP contribution in [0.2, 0.25) is 0 Å². The molecule has 3 aromatic heterocycles. The van der Waals surface area contributed by atoms with E-state index in [2.05, 4.69) is 70.4 Å². The maximum atomic E-state index is 13.2. The highest BCUT2D eigenvalue weighted by Gasteiger charge is 2.19. The Morgan fingerprint density at radius 1 is 1.02 bits per heavy atom. The second kappa shape index (κ2) is 12.9. The fourth-order valence-electron chi connectivity index (χ4n) is 4.75. The Morgan fingerprint density at radius 2 is 1.81 bits per heavy atom. The number of aromatic nitrogens is 5. The third kappa shape index (κ3) is 7.74. The Morgan fingerprint density at radius 3 is 2.56 bits per heavy atom. The highest BCUT2D eigenvalue weighted by atomic mass is 16.5. The number of ether oxygens (including phenoxy) is 1. The summed E-state index contributed by atoms with van der Waals surface area (Å²) in [6.45, 7) is 16.3. The summed E-state index contributed by atoms with van der Waals surface area (Å²) in [4.78, 5) is 28.9. The number of benzene rings is 1. The van der Waals surface area contributed by atoms with Crippen LogP contribution in [0, 0.1) is 6.92 Å². The topological polar surface area (TPSA) is 122 Å². The Hall–Kier alpha value is -4.35. The normalized spacial score (nSPS) is 14.1. The minimum Gasteiger partial charge on any atom is -0.379 e. The lowest BCUT2D eigenvalue weighted by Crippen LogP contribution is -2.35. The van der Waals surface area contributed by atoms with Gasteiger partial charge >= 0.3 is 0 Å². The number of aryl methyl sites for hydroxylation is 1. The van der Waals surface area contributed by atoms with Crippen molar-refractivity contribution in [3.8, 4) is 5.82 Å². The van der Waals surface area contributed by atoms with E-state index < -0.39 is 0 Å². The molecule has 1 amide bonds. The van der Waals surface area contributed by atoms with E-state index in [-0.39, 0.29) is 17.4 Å². The summed E-state index contributed by atoms with van der Waals surface area (Å²) < 4.78 is 7.33. The van der Waals surface area contributed by atoms with Gasteiger partial charge in [-0.15, -0.1) is 0 Å². The second-order valence-corrected chi connectivity index (χ2v) is 12.2. The third-order valence-electron chi connectivity index (χ3n) is 7.10. The van der Waals surface area contributed by atoms with Crippen molar-refractivity contribution in [2.75, 3.05) is 42.3 Å². The number of morpholine rings is 1. The molecule has 0 bridgehead atoms. The Bertz CT molecular complexity index is 1570. The number of rotatable bonds is 9. The van der Waals surface area contributed by atoms with E-state index in [0.717, 1.165) is 60.6 Å². The largest absolute Gasteiger partial charge is 0.379 e. The van der Waals surface area contributed by atoms with Crippen LogP contribution in [-0.4, -0.2) is 67.9 Å². The van der Waals surface area contributed by atoms with Crippen molar-refractivity contribution in [1.29, 1.82) is 0 Å². The van der Waals surface area contributed by atoms with Crippen molar-refractivity contribution in [2.24, 2.45) is 0 Å². The summed E-state index contributed by atoms with van der Waals surface area (Å²) in [5.74, 6) is 1.94. The first kappa shape index (κ1) is 30.1. The zero-order chi connectivity index (χ0) is 30.6. The molecular weight excluding hydrogens is 542 g/mol. The quantitative estimate of drug-likeness (QED) is 0.241. The van der Waals surface area contributed by atoms with E-state index >= 15 is 0 Å². The third-order valence-corrected chi connectivity index (χ3v) is 7.10. The molecule has 226 valence electrons. The molecule has 1 aliphatic rings. The van der Waals surface area contributed by atoms with Crippen LogP contribution in [0.3, 0.4) is 0 Å². The molecule has 0 radical (unpaired) electrons. The molecule has 1 aliphatic heterocycles. The molecule has 3 N–H and O–H groups in total. The predicted octanol–water partition coefficient (Wildman–Crippen LogP) is 5.31. The van der Waals surface area contributed by atoms with Crippen LogP contribution < -0.4 is 16.0 Å². The molecule has 0 aliphatic carbocycles. The molecule has 0 atom stereocenters. The van der Waals surface area contributed by atoms with E-state index in [1.165, 1.54) is 0 Å². The molecule has 4 heterocycles. The lowest BCUT2D eigenvalue weighted by Gasteiger charge is -2.25. The molecule has 0 unspecified atom stereocenters. The van der Waals surface area contributed by atoms with Crippen molar-refractivity contribution >= 4 is 28.9 Å². The van der Waals surface area contributed by atoms with E-state index in [1.54, 1.807) is 23.3 Å². The van der Waals surface area contributed by atoms with Gasteiger partial charge in [-0.3, -0.25) is 14.7 Å². The number of nitrogens with zero attached hydrogens (tertiary/aromatic N) is 6. The van der Waals surface area contributed by atoms with E-state index in [4.69, 9.17) is 9.84 Å². The molecule has 1 fully saturated rings. The second-order valence-electron chi connectivity index (χ2n) is 12.2. The van der Waals surface area contributed by atoms with Gasteiger partial charge in [0, 0.05) is 72.1 Å². The van der Waals surface area contributed by atoms with Gasteiger partial charge in [-0.05, 0) is 50.6 Å². The summed E-state index contributed by atoms with van der Waals surface area (Å²) in [6.07, 6.45) is 3.22. The van der Waals surface area contributed by atoms with Gasteiger partial charge in [0.25, 0.3) is 5.91 Å². The van der Waals surface area contributed by atoms with Crippen LogP contribution in [0.4, 0.5) is 23.0 Å². The smallest absolute Gasteiger partial charge is 0.255 e. The molecule has 11 heteroatoms. The molecular formula is C32H41N9O2. The first-order valence-corrected chi connectivity index (χ1v) is 14.7. The van der Waals surface area contributed by atoms with Crippen molar-refractivity contribution in [3.63, 3.8) is 0 Å². The summed E-state index contributed by atoms with van der Waals surface area (Å²) in [6, 6.07) is 13.6. The molecule has 11 nitrogen and oxygen atoms in total. The van der Waals surface area contributed by atoms with Crippen LogP contribution in [0.1, 0.15) is 61.9 Å². The van der Waals surface area contributed by atoms with Gasteiger partial charge in [-0.2, -0.15) is 9.78 Å². The van der Waals surface area contributed by atoms with Gasteiger partial charge in [0.05, 0.1) is 18.9 Å². The van der Waals surface area contributed by atoms with E-state index in [1.807, 2.05) is 43.3 Å². The van der Waals surface area contributed by atoms with Crippen LogP contribution >= 0.6 is 0 Å². The number of hydrogen-bond donors (Lipinski definition) is 3. The Balaban J connectivity index is 1.42. The number of hydrogen-bond acceptors (Lipinski definition) is 9. The van der Waals surface area contributed by atoms with E-state index in [0.29, 0.717) is 23.6 Å². The highest BCUT2D eigenvalue weighted by molar-refractivity contribution is 6.04. The number of carbonyl (C=O) groups is 1. The maximum Gasteiger partial charge on any atom is 0.255 e. The average molecular weight is 584 g/mol. The number of carbonyl (C=O) groups excluding carboxylic acids is 1. The van der Waals surface area contributed by atoms with Crippen LogP contribution in [0.5, 0.6) is 0 Å². The van der Waals surface area contributed by atoms with Crippen LogP contribution in [0.15, 0.2) is 55.0 Å². The summed E-state index contributed by atoms with van der Waals surface area (Å²) >= 11 is 0. The molecule has 5 rings (SSSR count). The van der Waals surface area contributed by atoms with E-state index in [9.17, 15) is 4.79 Å². The van der Waals surface area contributed by atoms with Gasteiger partial charge in [-0.1, -0.05) is 26.8 Å². The van der Waals surface area contributed by atoms with Gasteiger partial charge in [0.1, 0.15) is 18.0 Å². The van der Waals surface area contributed by atoms with Gasteiger partial charge in [0.15, 0.2) is 5.82 Å². The standard InChI is InChI=1S/C32H41N9O2/c1-21(2)36-28-18-29(35-20-34-28)41-30(17-25(39-41)19-40-11-13-43-14-12-40)38-26-16-24(8-7-22(26)3)37-31(42)23-9-10-33-27(15-23)32(4,5)6/h7-10,15-18,20-21,38H,11-14,19H2,1-6H3,(H,37,42)(H,34,35,36). The first-order valence-electron chi connectivity index (χ1n) is 14.7. The summed E-state index contributed by atoms with van der Waals surface area (Å²) in [7, 11) is 0. The fourth-order valence-corrected chi connectivity index (χ4v) is 4.75. The molecule has 4 aromatic rings. The Labute approximate surface area is 253 Å². The van der Waals surface area contributed by atoms with Crippen molar-refractivity contribution in [2.45, 2.75) is 59.5 Å².